The topological polar surface area (TPSA) is 46.2 Å². The van der Waals surface area contributed by atoms with Crippen molar-refractivity contribution in [3.63, 3.8) is 0 Å². The summed E-state index contributed by atoms with van der Waals surface area (Å²) in [4.78, 5) is 4.29. The molecule has 2 aromatic rings. The van der Waals surface area contributed by atoms with Crippen molar-refractivity contribution in [3.05, 3.63) is 52.1 Å². The zero-order valence-electron chi connectivity index (χ0n) is 11.8. The summed E-state index contributed by atoms with van der Waals surface area (Å²) in [6.07, 6.45) is 1.79. The number of benzene rings is 1. The Morgan fingerprint density at radius 3 is 2.67 bits per heavy atom. The van der Waals surface area contributed by atoms with Crippen molar-refractivity contribution in [2.45, 2.75) is 13.5 Å². The van der Waals surface area contributed by atoms with Crippen LogP contribution in [0.25, 0.3) is 0 Å². The predicted molar refractivity (Wildman–Crippen MR) is 92.7 cm³/mol. The third kappa shape index (κ3) is 4.68. The van der Waals surface area contributed by atoms with Crippen LogP contribution in [-0.4, -0.2) is 17.2 Å². The number of thiocarbonyl (C=S) groups is 1. The molecule has 0 aliphatic heterocycles. The highest BCUT2D eigenvalue weighted by molar-refractivity contribution is 9.10. The van der Waals surface area contributed by atoms with Gasteiger partial charge in [-0.25, -0.2) is 4.98 Å². The van der Waals surface area contributed by atoms with Gasteiger partial charge in [-0.15, -0.1) is 0 Å². The lowest BCUT2D eigenvalue weighted by atomic mass is 10.2. The minimum atomic E-state index is 0.530. The van der Waals surface area contributed by atoms with Gasteiger partial charge in [-0.05, 0) is 64.4 Å². The summed E-state index contributed by atoms with van der Waals surface area (Å²) in [5.41, 5.74) is 2.21. The largest absolute Gasteiger partial charge is 0.497 e. The van der Waals surface area contributed by atoms with E-state index in [1.807, 2.05) is 37.3 Å². The lowest BCUT2D eigenvalue weighted by molar-refractivity contribution is 0.414. The van der Waals surface area contributed by atoms with Gasteiger partial charge in [-0.2, -0.15) is 0 Å². The maximum absolute atomic E-state index is 5.27. The number of pyridine rings is 1. The fraction of sp³-hybridized carbons (Fsp3) is 0.200. The molecule has 21 heavy (non-hydrogen) atoms. The lowest BCUT2D eigenvalue weighted by Gasteiger charge is -2.11. The van der Waals surface area contributed by atoms with Crippen LogP contribution in [0.15, 0.2) is 41.0 Å². The van der Waals surface area contributed by atoms with Crippen molar-refractivity contribution in [1.29, 1.82) is 0 Å². The Bertz CT molecular complexity index is 631. The average Bonchev–Trinajstić information content (AvgIpc) is 2.48. The molecule has 0 spiro atoms. The van der Waals surface area contributed by atoms with Crippen LogP contribution in [0.2, 0.25) is 0 Å². The molecular weight excluding hydrogens is 350 g/mol. The zero-order chi connectivity index (χ0) is 15.2. The van der Waals surface area contributed by atoms with E-state index in [9.17, 15) is 0 Å². The van der Waals surface area contributed by atoms with Gasteiger partial charge in [-0.3, -0.25) is 0 Å². The first-order valence-corrected chi connectivity index (χ1v) is 7.58. The number of aromatic nitrogens is 1. The molecule has 4 nitrogen and oxygen atoms in total. The van der Waals surface area contributed by atoms with Crippen molar-refractivity contribution in [2.75, 3.05) is 12.4 Å². The molecule has 1 aromatic carbocycles. The standard InChI is InChI=1S/C15H16BrN3OS/c1-10-7-13(16)14(17-8-10)19-15(21)18-9-11-3-5-12(20-2)6-4-11/h3-8H,9H2,1-2H3,(H2,17,18,19,21). The zero-order valence-corrected chi connectivity index (χ0v) is 14.2. The van der Waals surface area contributed by atoms with Crippen molar-refractivity contribution >= 4 is 39.1 Å². The number of rotatable bonds is 4. The number of methoxy groups -OCH3 is 1. The second kappa shape index (κ2) is 7.38. The van der Waals surface area contributed by atoms with E-state index in [0.717, 1.165) is 21.3 Å². The molecule has 0 radical (unpaired) electrons. The molecule has 0 saturated heterocycles. The van der Waals surface area contributed by atoms with Crippen LogP contribution in [0.1, 0.15) is 11.1 Å². The number of nitrogens with one attached hydrogen (secondary N) is 2. The molecular formula is C15H16BrN3OS. The molecule has 0 saturated carbocycles. The SMILES string of the molecule is COc1ccc(CNC(=S)Nc2ncc(C)cc2Br)cc1. The Morgan fingerprint density at radius 2 is 2.05 bits per heavy atom. The van der Waals surface area contributed by atoms with Crippen LogP contribution in [-0.2, 0) is 6.54 Å². The van der Waals surface area contributed by atoms with Crippen LogP contribution < -0.4 is 15.4 Å². The summed E-state index contributed by atoms with van der Waals surface area (Å²) in [5, 5.41) is 6.74. The third-order valence-corrected chi connectivity index (χ3v) is 3.67. The fourth-order valence-electron chi connectivity index (χ4n) is 1.70. The Kier molecular flexibility index (Phi) is 5.52. The molecule has 0 fully saturated rings. The number of aryl methyl sites for hydroxylation is 1. The Morgan fingerprint density at radius 1 is 1.33 bits per heavy atom. The molecule has 0 aliphatic carbocycles. The van der Waals surface area contributed by atoms with Gasteiger partial charge in [-0.1, -0.05) is 12.1 Å². The number of nitrogens with zero attached hydrogens (tertiary/aromatic N) is 1. The molecule has 0 bridgehead atoms. The van der Waals surface area contributed by atoms with Gasteiger partial charge in [0.2, 0.25) is 0 Å². The molecule has 2 rings (SSSR count). The average molecular weight is 366 g/mol. The molecule has 2 N–H and O–H groups in total. The number of ether oxygens (including phenoxy) is 1. The van der Waals surface area contributed by atoms with Gasteiger partial charge >= 0.3 is 0 Å². The summed E-state index contributed by atoms with van der Waals surface area (Å²) in [7, 11) is 1.65. The molecule has 0 aliphatic rings. The van der Waals surface area contributed by atoms with Gasteiger partial charge in [0, 0.05) is 12.7 Å². The maximum atomic E-state index is 5.27. The predicted octanol–water partition coefficient (Wildman–Crippen LogP) is 3.65. The second-order valence-electron chi connectivity index (χ2n) is 4.50. The second-order valence-corrected chi connectivity index (χ2v) is 5.76. The first-order valence-electron chi connectivity index (χ1n) is 6.38. The minimum Gasteiger partial charge on any atom is -0.497 e. The van der Waals surface area contributed by atoms with E-state index in [4.69, 9.17) is 17.0 Å². The van der Waals surface area contributed by atoms with E-state index in [2.05, 4.69) is 31.5 Å². The van der Waals surface area contributed by atoms with E-state index in [1.165, 1.54) is 0 Å². The first-order chi connectivity index (χ1) is 10.1. The van der Waals surface area contributed by atoms with E-state index in [-0.39, 0.29) is 0 Å². The van der Waals surface area contributed by atoms with Crippen LogP contribution in [0.5, 0.6) is 5.75 Å². The van der Waals surface area contributed by atoms with E-state index >= 15 is 0 Å². The molecule has 1 aromatic heterocycles. The van der Waals surface area contributed by atoms with E-state index in [1.54, 1.807) is 13.3 Å². The quantitative estimate of drug-likeness (QED) is 0.809. The highest BCUT2D eigenvalue weighted by Gasteiger charge is 2.04. The van der Waals surface area contributed by atoms with Crippen LogP contribution >= 0.6 is 28.1 Å². The van der Waals surface area contributed by atoms with Crippen molar-refractivity contribution in [2.24, 2.45) is 0 Å². The first kappa shape index (κ1) is 15.7. The molecule has 1 heterocycles. The maximum Gasteiger partial charge on any atom is 0.172 e. The van der Waals surface area contributed by atoms with E-state index < -0.39 is 0 Å². The summed E-state index contributed by atoms with van der Waals surface area (Å²) in [5.74, 6) is 1.54. The van der Waals surface area contributed by atoms with Crippen LogP contribution in [0, 0.1) is 6.92 Å². The molecule has 6 heteroatoms. The summed E-state index contributed by atoms with van der Waals surface area (Å²) in [6, 6.07) is 9.82. The third-order valence-electron chi connectivity index (χ3n) is 2.82. The Hall–Kier alpha value is -1.66. The highest BCUT2D eigenvalue weighted by Crippen LogP contribution is 2.20. The number of hydrogen-bond acceptors (Lipinski definition) is 3. The monoisotopic (exact) mass is 365 g/mol. The van der Waals surface area contributed by atoms with Crippen molar-refractivity contribution in [3.8, 4) is 5.75 Å². The summed E-state index contributed by atoms with van der Waals surface area (Å²) < 4.78 is 6.01. The van der Waals surface area contributed by atoms with Crippen molar-refractivity contribution < 1.29 is 4.74 Å². The lowest BCUT2D eigenvalue weighted by Crippen LogP contribution is -2.28. The van der Waals surface area contributed by atoms with Gasteiger partial charge in [0.05, 0.1) is 11.6 Å². The molecule has 110 valence electrons. The number of anilines is 1. The Labute approximate surface area is 138 Å². The smallest absolute Gasteiger partial charge is 0.172 e. The van der Waals surface area contributed by atoms with Crippen molar-refractivity contribution in [1.82, 2.24) is 10.3 Å². The Balaban J connectivity index is 1.89. The summed E-state index contributed by atoms with van der Waals surface area (Å²) in [6.45, 7) is 2.63. The molecule has 0 atom stereocenters. The van der Waals surface area contributed by atoms with Gasteiger partial charge < -0.3 is 15.4 Å². The highest BCUT2D eigenvalue weighted by atomic mass is 79.9. The molecule has 0 unspecified atom stereocenters. The molecule has 0 amide bonds. The number of hydrogen-bond donors (Lipinski definition) is 2. The summed E-state index contributed by atoms with van der Waals surface area (Å²) >= 11 is 8.73. The number of halogens is 1. The van der Waals surface area contributed by atoms with Crippen LogP contribution in [0.3, 0.4) is 0 Å². The van der Waals surface area contributed by atoms with Gasteiger partial charge in [0.15, 0.2) is 5.11 Å². The van der Waals surface area contributed by atoms with Gasteiger partial charge in [0.25, 0.3) is 0 Å². The minimum absolute atomic E-state index is 0.530. The van der Waals surface area contributed by atoms with Crippen LogP contribution in [0.4, 0.5) is 5.82 Å². The normalized spacial score (nSPS) is 10.0. The van der Waals surface area contributed by atoms with E-state index in [0.29, 0.717) is 17.5 Å². The fourth-order valence-corrected chi connectivity index (χ4v) is 2.43. The van der Waals surface area contributed by atoms with Gasteiger partial charge in [0.1, 0.15) is 11.6 Å².